The van der Waals surface area contributed by atoms with E-state index >= 15 is 0 Å². The van der Waals surface area contributed by atoms with Crippen LogP contribution in [0.1, 0.15) is 37.1 Å². The molecule has 4 aromatic carbocycles. The molecular formula is C33H28Hf. The van der Waals surface area contributed by atoms with Crippen LogP contribution >= 0.6 is 0 Å². The summed E-state index contributed by atoms with van der Waals surface area (Å²) in [6.45, 7) is 4.44. The van der Waals surface area contributed by atoms with Crippen LogP contribution in [0, 0.1) is 13.8 Å². The summed E-state index contributed by atoms with van der Waals surface area (Å²) in [6.07, 6.45) is 9.50. The van der Waals surface area contributed by atoms with Gasteiger partial charge in [0, 0.05) is 0 Å². The standard InChI is InChI=1S/C15H13.C13H10.C5H5.Hf/c1-10-3-5-12-9-13-6-4-11(2)8-15(13)14(12)7-10;1-3-7-12(8-4-1)11-13-9-5-2-6-10-13;1-2-4-5-3-1;/h3-9H,1-2H3;1-10H;1-5H;. The molecule has 34 heavy (non-hydrogen) atoms. The van der Waals surface area contributed by atoms with Gasteiger partial charge in [0.25, 0.3) is 0 Å². The van der Waals surface area contributed by atoms with E-state index in [1.165, 1.54) is 33.4 Å². The summed E-state index contributed by atoms with van der Waals surface area (Å²) in [7, 11) is 0. The molecule has 0 aliphatic heterocycles. The van der Waals surface area contributed by atoms with Gasteiger partial charge in [0.15, 0.2) is 0 Å². The predicted molar refractivity (Wildman–Crippen MR) is 141 cm³/mol. The molecule has 0 unspecified atom stereocenters. The van der Waals surface area contributed by atoms with Gasteiger partial charge in [-0.25, -0.2) is 0 Å². The van der Waals surface area contributed by atoms with Crippen molar-refractivity contribution < 1.29 is 21.0 Å². The second-order valence-electron chi connectivity index (χ2n) is 9.47. The Bertz CT molecular complexity index is 1350. The molecule has 2 aliphatic rings. The molecule has 0 atom stereocenters. The fourth-order valence-electron chi connectivity index (χ4n) is 5.67. The molecule has 1 heteroatoms. The minimum absolute atomic E-state index is 0.504. The predicted octanol–water partition coefficient (Wildman–Crippen LogP) is 8.17. The van der Waals surface area contributed by atoms with Gasteiger partial charge < -0.3 is 0 Å². The SMILES string of the molecule is Cc1ccc2c(c1)-c1cc(C)ccc1[CH]2[Hf](=[C](c1ccccc1)c1ccccc1)[CH]1C=CC=C1. The average Bonchev–Trinajstić information content (AvgIpc) is 3.50. The Morgan fingerprint density at radius 1 is 0.588 bits per heavy atom. The molecule has 2 aliphatic carbocycles. The van der Waals surface area contributed by atoms with Gasteiger partial charge in [0.05, 0.1) is 0 Å². The summed E-state index contributed by atoms with van der Waals surface area (Å²) >= 11 is -2.71. The molecule has 0 aromatic heterocycles. The van der Waals surface area contributed by atoms with Gasteiger partial charge >= 0.3 is 211 Å². The molecule has 6 rings (SSSR count). The van der Waals surface area contributed by atoms with Crippen LogP contribution in [0.2, 0.25) is 3.67 Å². The van der Waals surface area contributed by atoms with Gasteiger partial charge in [0.2, 0.25) is 0 Å². The fourth-order valence-corrected chi connectivity index (χ4v) is 19.4. The van der Waals surface area contributed by atoms with Crippen LogP contribution < -0.4 is 0 Å². The number of benzene rings is 4. The third kappa shape index (κ3) is 3.77. The van der Waals surface area contributed by atoms with Crippen LogP contribution in [0.25, 0.3) is 11.1 Å². The monoisotopic (exact) mass is 604 g/mol. The first-order valence-corrected chi connectivity index (χ1v) is 18.1. The average molecular weight is 603 g/mol. The van der Waals surface area contributed by atoms with Gasteiger partial charge in [-0.2, -0.15) is 0 Å². The van der Waals surface area contributed by atoms with Gasteiger partial charge in [-0.3, -0.25) is 0 Å². The Balaban J connectivity index is 1.72. The summed E-state index contributed by atoms with van der Waals surface area (Å²) in [5, 5.41) is 0. The van der Waals surface area contributed by atoms with Crippen molar-refractivity contribution in [3.63, 3.8) is 0 Å². The molecule has 0 amide bonds. The maximum atomic E-state index is 2.48. The normalized spacial score (nSPS) is 14.3. The first-order valence-electron chi connectivity index (χ1n) is 12.1. The number of allylic oxidation sites excluding steroid dienone is 4. The first-order chi connectivity index (χ1) is 16.7. The van der Waals surface area contributed by atoms with E-state index in [-0.39, 0.29) is 0 Å². The molecule has 0 bridgehead atoms. The zero-order valence-electron chi connectivity index (χ0n) is 19.7. The van der Waals surface area contributed by atoms with Crippen molar-refractivity contribution in [1.29, 1.82) is 0 Å². The van der Waals surface area contributed by atoms with E-state index in [2.05, 4.69) is 135 Å². The first kappa shape index (κ1) is 21.6. The van der Waals surface area contributed by atoms with E-state index in [1.807, 2.05) is 0 Å². The number of hydrogen-bond donors (Lipinski definition) is 0. The Morgan fingerprint density at radius 3 is 1.53 bits per heavy atom. The van der Waals surface area contributed by atoms with Gasteiger partial charge in [-0.05, 0) is 0 Å². The molecule has 0 radical (unpaired) electrons. The van der Waals surface area contributed by atoms with Crippen molar-refractivity contribution >= 4 is 3.26 Å². The third-order valence-corrected chi connectivity index (χ3v) is 19.7. The Morgan fingerprint density at radius 2 is 1.06 bits per heavy atom. The van der Waals surface area contributed by atoms with Crippen LogP contribution in [0.4, 0.5) is 0 Å². The summed E-state index contributed by atoms with van der Waals surface area (Å²) < 4.78 is 2.69. The molecule has 0 saturated heterocycles. The third-order valence-electron chi connectivity index (χ3n) is 7.16. The summed E-state index contributed by atoms with van der Waals surface area (Å²) in [5.41, 5.74) is 11.5. The van der Waals surface area contributed by atoms with Crippen LogP contribution in [0.3, 0.4) is 0 Å². The Kier molecular flexibility index (Phi) is 5.75. The molecule has 0 saturated carbocycles. The molecule has 0 nitrogen and oxygen atoms in total. The zero-order valence-corrected chi connectivity index (χ0v) is 23.3. The Hall–Kier alpha value is -2.90. The summed E-state index contributed by atoms with van der Waals surface area (Å²) in [6, 6.07) is 36.7. The minimum atomic E-state index is -2.71. The molecule has 0 N–H and O–H groups in total. The van der Waals surface area contributed by atoms with E-state index in [0.717, 1.165) is 0 Å². The van der Waals surface area contributed by atoms with Crippen LogP contribution in [-0.4, -0.2) is 3.26 Å². The second-order valence-corrected chi connectivity index (χ2v) is 19.0. The van der Waals surface area contributed by atoms with E-state index in [1.54, 1.807) is 14.4 Å². The number of aryl methyl sites for hydroxylation is 2. The van der Waals surface area contributed by atoms with Crippen molar-refractivity contribution in [3.05, 3.63) is 155 Å². The fraction of sp³-hybridized carbons (Fsp3) is 0.121. The molecule has 4 aromatic rings. The van der Waals surface area contributed by atoms with E-state index < -0.39 is 21.0 Å². The Labute approximate surface area is 210 Å². The van der Waals surface area contributed by atoms with Gasteiger partial charge in [-0.15, -0.1) is 0 Å². The molecule has 0 heterocycles. The van der Waals surface area contributed by atoms with Crippen molar-refractivity contribution in [2.75, 3.05) is 0 Å². The quantitative estimate of drug-likeness (QED) is 0.207. The van der Waals surface area contributed by atoms with Crippen LogP contribution in [-0.2, 0) is 21.0 Å². The van der Waals surface area contributed by atoms with Crippen molar-refractivity contribution in [1.82, 2.24) is 0 Å². The van der Waals surface area contributed by atoms with E-state index in [0.29, 0.717) is 7.35 Å². The van der Waals surface area contributed by atoms with E-state index in [9.17, 15) is 0 Å². The number of fused-ring (bicyclic) bond motifs is 3. The van der Waals surface area contributed by atoms with Crippen LogP contribution in [0.5, 0.6) is 0 Å². The van der Waals surface area contributed by atoms with Crippen molar-refractivity contribution in [3.8, 4) is 11.1 Å². The molecule has 0 spiro atoms. The van der Waals surface area contributed by atoms with Gasteiger partial charge in [0.1, 0.15) is 0 Å². The van der Waals surface area contributed by atoms with E-state index in [4.69, 9.17) is 0 Å². The molecule has 164 valence electrons. The molecular weight excluding hydrogens is 575 g/mol. The summed E-state index contributed by atoms with van der Waals surface area (Å²) in [5.74, 6) is 0. The zero-order chi connectivity index (χ0) is 23.1. The van der Waals surface area contributed by atoms with Crippen LogP contribution in [0.15, 0.2) is 121 Å². The number of hydrogen-bond acceptors (Lipinski definition) is 0. The molecule has 0 fully saturated rings. The maximum absolute atomic E-state index is 2.71. The second kappa shape index (κ2) is 9.04. The van der Waals surface area contributed by atoms with Crippen molar-refractivity contribution in [2.45, 2.75) is 21.2 Å². The topological polar surface area (TPSA) is 0 Å². The summed E-state index contributed by atoms with van der Waals surface area (Å²) in [4.78, 5) is 0. The number of rotatable bonds is 4. The van der Waals surface area contributed by atoms with Gasteiger partial charge in [-0.1, -0.05) is 0 Å². The van der Waals surface area contributed by atoms with Crippen molar-refractivity contribution in [2.24, 2.45) is 0 Å².